The van der Waals surface area contributed by atoms with Crippen molar-refractivity contribution in [1.29, 1.82) is 0 Å². The second kappa shape index (κ2) is 8.11. The molecule has 2 rings (SSSR count). The van der Waals surface area contributed by atoms with Crippen molar-refractivity contribution in [2.45, 2.75) is 32.0 Å². The van der Waals surface area contributed by atoms with E-state index in [2.05, 4.69) is 15.5 Å². The molecule has 1 atom stereocenters. The van der Waals surface area contributed by atoms with Gasteiger partial charge in [-0.2, -0.15) is 18.2 Å². The number of nitrogens with one attached hydrogen (secondary N) is 1. The number of methoxy groups -OCH3 is 1. The standard InChI is InChI=1S/C16H18F3N3O3/c1-10(15-21-13(22-25-15)7-8-24-2)20-14(23)9-11-5-3-4-6-12(11)16(17,18)19/h3-6,10H,7-9H2,1-2H3,(H,20,23)/t10-/m1/s1. The number of amides is 1. The Hall–Kier alpha value is -2.42. The van der Waals surface area contributed by atoms with E-state index in [9.17, 15) is 18.0 Å². The summed E-state index contributed by atoms with van der Waals surface area (Å²) in [5, 5.41) is 6.31. The first-order chi connectivity index (χ1) is 11.8. The monoisotopic (exact) mass is 357 g/mol. The highest BCUT2D eigenvalue weighted by Gasteiger charge is 2.33. The lowest BCUT2D eigenvalue weighted by Crippen LogP contribution is -2.29. The molecular weight excluding hydrogens is 339 g/mol. The fourth-order valence-electron chi connectivity index (χ4n) is 2.22. The molecule has 1 aromatic carbocycles. The summed E-state index contributed by atoms with van der Waals surface area (Å²) in [4.78, 5) is 16.2. The highest BCUT2D eigenvalue weighted by atomic mass is 19.4. The quantitative estimate of drug-likeness (QED) is 0.824. The summed E-state index contributed by atoms with van der Waals surface area (Å²) < 4.78 is 48.8. The van der Waals surface area contributed by atoms with Crippen LogP contribution < -0.4 is 5.32 Å². The van der Waals surface area contributed by atoms with E-state index < -0.39 is 30.1 Å². The van der Waals surface area contributed by atoms with Crippen LogP contribution in [0.4, 0.5) is 13.2 Å². The molecule has 2 aromatic rings. The topological polar surface area (TPSA) is 77.3 Å². The predicted molar refractivity (Wildman–Crippen MR) is 81.6 cm³/mol. The van der Waals surface area contributed by atoms with Crippen LogP contribution in [0.2, 0.25) is 0 Å². The molecule has 0 bridgehead atoms. The molecule has 1 aromatic heterocycles. The minimum atomic E-state index is -4.51. The molecule has 25 heavy (non-hydrogen) atoms. The SMILES string of the molecule is COCCc1noc([C@@H](C)NC(=O)Cc2ccccc2C(F)(F)F)n1. The van der Waals surface area contributed by atoms with E-state index in [1.54, 1.807) is 14.0 Å². The molecule has 1 amide bonds. The molecule has 9 heteroatoms. The zero-order valence-corrected chi connectivity index (χ0v) is 13.8. The number of ether oxygens (including phenoxy) is 1. The molecule has 0 spiro atoms. The Bertz CT molecular complexity index is 716. The maximum atomic E-state index is 13.0. The van der Waals surface area contributed by atoms with E-state index in [4.69, 9.17) is 9.26 Å². The zero-order valence-electron chi connectivity index (χ0n) is 13.8. The van der Waals surface area contributed by atoms with Crippen LogP contribution in [0.3, 0.4) is 0 Å². The first kappa shape index (κ1) is 18.9. The van der Waals surface area contributed by atoms with Crippen LogP contribution >= 0.6 is 0 Å². The largest absolute Gasteiger partial charge is 0.416 e. The van der Waals surface area contributed by atoms with Gasteiger partial charge in [0.15, 0.2) is 5.82 Å². The van der Waals surface area contributed by atoms with Gasteiger partial charge in [0.05, 0.1) is 18.6 Å². The van der Waals surface area contributed by atoms with E-state index >= 15 is 0 Å². The van der Waals surface area contributed by atoms with E-state index in [1.807, 2.05) is 0 Å². The molecule has 6 nitrogen and oxygen atoms in total. The summed E-state index contributed by atoms with van der Waals surface area (Å²) in [6.07, 6.45) is -4.45. The Kier molecular flexibility index (Phi) is 6.13. The van der Waals surface area contributed by atoms with Gasteiger partial charge in [0.25, 0.3) is 0 Å². The highest BCUT2D eigenvalue weighted by Crippen LogP contribution is 2.32. The summed E-state index contributed by atoms with van der Waals surface area (Å²) in [6.45, 7) is 2.04. The lowest BCUT2D eigenvalue weighted by atomic mass is 10.0. The molecule has 0 radical (unpaired) electrons. The maximum absolute atomic E-state index is 13.0. The van der Waals surface area contributed by atoms with Crippen molar-refractivity contribution < 1.29 is 27.2 Å². The third kappa shape index (κ3) is 5.28. The molecule has 0 fully saturated rings. The summed E-state index contributed by atoms with van der Waals surface area (Å²) in [5.74, 6) is 0.0461. The summed E-state index contributed by atoms with van der Waals surface area (Å²) in [5.41, 5.74) is -0.913. The molecule has 0 unspecified atom stereocenters. The normalized spacial score (nSPS) is 12.8. The van der Waals surface area contributed by atoms with Gasteiger partial charge in [-0.15, -0.1) is 0 Å². The van der Waals surface area contributed by atoms with E-state index in [0.717, 1.165) is 6.07 Å². The molecule has 0 aliphatic rings. The smallest absolute Gasteiger partial charge is 0.384 e. The van der Waals surface area contributed by atoms with Gasteiger partial charge in [0.2, 0.25) is 11.8 Å². The number of halogens is 3. The van der Waals surface area contributed by atoms with Crippen molar-refractivity contribution in [3.8, 4) is 0 Å². The van der Waals surface area contributed by atoms with Crippen molar-refractivity contribution in [2.75, 3.05) is 13.7 Å². The first-order valence-electron chi connectivity index (χ1n) is 7.57. The van der Waals surface area contributed by atoms with Gasteiger partial charge >= 0.3 is 6.18 Å². The van der Waals surface area contributed by atoms with Gasteiger partial charge in [-0.05, 0) is 18.6 Å². The number of aromatic nitrogens is 2. The van der Waals surface area contributed by atoms with Crippen molar-refractivity contribution >= 4 is 5.91 Å². The molecular formula is C16H18F3N3O3. The van der Waals surface area contributed by atoms with E-state index in [-0.39, 0.29) is 11.5 Å². The Balaban J connectivity index is 1.99. The lowest BCUT2D eigenvalue weighted by Gasteiger charge is -2.14. The average molecular weight is 357 g/mol. The van der Waals surface area contributed by atoms with Crippen LogP contribution in [-0.4, -0.2) is 29.8 Å². The molecule has 0 saturated heterocycles. The summed E-state index contributed by atoms with van der Waals surface area (Å²) >= 11 is 0. The van der Waals surface area contributed by atoms with Crippen LogP contribution in [0.1, 0.15) is 35.8 Å². The zero-order chi connectivity index (χ0) is 18.4. The molecule has 1 N–H and O–H groups in total. The lowest BCUT2D eigenvalue weighted by molar-refractivity contribution is -0.138. The number of hydrogen-bond donors (Lipinski definition) is 1. The Labute approximate surface area is 142 Å². The van der Waals surface area contributed by atoms with Gasteiger partial charge in [0, 0.05) is 13.5 Å². The second-order valence-electron chi connectivity index (χ2n) is 5.41. The number of carbonyl (C=O) groups excluding carboxylic acids is 1. The first-order valence-corrected chi connectivity index (χ1v) is 7.57. The number of hydrogen-bond acceptors (Lipinski definition) is 5. The average Bonchev–Trinajstić information content (AvgIpc) is 3.01. The van der Waals surface area contributed by atoms with Gasteiger partial charge in [-0.25, -0.2) is 0 Å². The Morgan fingerprint density at radius 3 is 2.76 bits per heavy atom. The van der Waals surface area contributed by atoms with E-state index in [0.29, 0.717) is 18.9 Å². The molecule has 0 aliphatic carbocycles. The Morgan fingerprint density at radius 2 is 2.08 bits per heavy atom. The third-order valence-electron chi connectivity index (χ3n) is 3.44. The molecule has 0 aliphatic heterocycles. The highest BCUT2D eigenvalue weighted by molar-refractivity contribution is 5.79. The summed E-state index contributed by atoms with van der Waals surface area (Å²) in [6, 6.07) is 4.36. The number of alkyl halides is 3. The van der Waals surface area contributed by atoms with E-state index in [1.165, 1.54) is 18.2 Å². The number of carbonyl (C=O) groups is 1. The van der Waals surface area contributed by atoms with Gasteiger partial charge in [-0.3, -0.25) is 4.79 Å². The minimum Gasteiger partial charge on any atom is -0.384 e. The second-order valence-corrected chi connectivity index (χ2v) is 5.41. The molecule has 1 heterocycles. The molecule has 0 saturated carbocycles. The van der Waals surface area contributed by atoms with Crippen LogP contribution in [0.15, 0.2) is 28.8 Å². The van der Waals surface area contributed by atoms with Crippen LogP contribution in [0, 0.1) is 0 Å². The Morgan fingerprint density at radius 1 is 1.36 bits per heavy atom. The van der Waals surface area contributed by atoms with Crippen molar-refractivity contribution in [3.63, 3.8) is 0 Å². The summed E-state index contributed by atoms with van der Waals surface area (Å²) in [7, 11) is 1.54. The minimum absolute atomic E-state index is 0.0917. The predicted octanol–water partition coefficient (Wildman–Crippen LogP) is 2.70. The fourth-order valence-corrected chi connectivity index (χ4v) is 2.22. The van der Waals surface area contributed by atoms with Gasteiger partial charge in [0.1, 0.15) is 6.04 Å². The van der Waals surface area contributed by atoms with Gasteiger partial charge in [-0.1, -0.05) is 23.4 Å². The van der Waals surface area contributed by atoms with Gasteiger partial charge < -0.3 is 14.6 Å². The van der Waals surface area contributed by atoms with Crippen LogP contribution in [0.25, 0.3) is 0 Å². The third-order valence-corrected chi connectivity index (χ3v) is 3.44. The van der Waals surface area contributed by atoms with Crippen molar-refractivity contribution in [2.24, 2.45) is 0 Å². The number of nitrogens with zero attached hydrogens (tertiary/aromatic N) is 2. The van der Waals surface area contributed by atoms with Crippen molar-refractivity contribution in [1.82, 2.24) is 15.5 Å². The van der Waals surface area contributed by atoms with Crippen LogP contribution in [0.5, 0.6) is 0 Å². The van der Waals surface area contributed by atoms with Crippen molar-refractivity contribution in [3.05, 3.63) is 47.1 Å². The number of rotatable bonds is 7. The fraction of sp³-hybridized carbons (Fsp3) is 0.438. The molecule has 136 valence electrons. The maximum Gasteiger partial charge on any atom is 0.416 e. The number of benzene rings is 1. The van der Waals surface area contributed by atoms with Crippen LogP contribution in [-0.2, 0) is 28.5 Å².